The van der Waals surface area contributed by atoms with Crippen LogP contribution >= 0.6 is 21.2 Å². The topological polar surface area (TPSA) is 80.5 Å². The first-order chi connectivity index (χ1) is 6.72. The van der Waals surface area contributed by atoms with E-state index >= 15 is 0 Å². The Morgan fingerprint density at radius 3 is 3.00 bits per heavy atom. The second-order valence-corrected chi connectivity index (χ2v) is 2.24. The van der Waals surface area contributed by atoms with Crippen LogP contribution in [0.25, 0.3) is 0 Å². The summed E-state index contributed by atoms with van der Waals surface area (Å²) in [5, 5.41) is 18.0. The number of nitrogens with one attached hydrogen (secondary N) is 3. The van der Waals surface area contributed by atoms with Crippen molar-refractivity contribution in [2.24, 2.45) is 5.10 Å². The van der Waals surface area contributed by atoms with Crippen LogP contribution in [-0.4, -0.2) is 29.6 Å². The SMILES string of the molecule is CC=NNC(=S)NCCCO.[2H]N=P. The van der Waals surface area contributed by atoms with Gasteiger partial charge in [-0.15, -0.1) is 0 Å². The number of hydrogen-bond donors (Lipinski definition) is 4. The number of aliphatic hydroxyl groups excluding tert-OH is 1. The fraction of sp³-hybridized carbons (Fsp3) is 0.667. The third-order valence-electron chi connectivity index (χ3n) is 0.916. The van der Waals surface area contributed by atoms with E-state index in [2.05, 4.69) is 30.0 Å². The molecule has 0 unspecified atom stereocenters. The molecule has 0 heterocycles. The van der Waals surface area contributed by atoms with Crippen molar-refractivity contribution in [3.63, 3.8) is 0 Å². The lowest BCUT2D eigenvalue weighted by atomic mass is 10.5. The van der Waals surface area contributed by atoms with Gasteiger partial charge in [0, 0.05) is 19.4 Å². The zero-order valence-corrected chi connectivity index (χ0v) is 9.27. The van der Waals surface area contributed by atoms with E-state index < -0.39 is 0 Å². The minimum atomic E-state index is 0.173. The van der Waals surface area contributed by atoms with Gasteiger partial charge in [-0.3, -0.25) is 10.6 Å². The van der Waals surface area contributed by atoms with Crippen molar-refractivity contribution >= 4 is 32.6 Å². The first-order valence-corrected chi connectivity index (χ1v) is 4.51. The molecule has 0 aliphatic rings. The van der Waals surface area contributed by atoms with E-state index in [0.29, 0.717) is 18.1 Å². The van der Waals surface area contributed by atoms with Gasteiger partial charge in [-0.25, -0.2) is 0 Å². The summed E-state index contributed by atoms with van der Waals surface area (Å²) in [6, 6.07) is 0. The maximum Gasteiger partial charge on any atom is 0.192 e. The molecule has 0 amide bonds. The van der Waals surface area contributed by atoms with Crippen molar-refractivity contribution in [1.82, 2.24) is 10.7 Å². The molecule has 0 aromatic carbocycles. The largest absolute Gasteiger partial charge is 0.396 e. The van der Waals surface area contributed by atoms with Gasteiger partial charge in [0.2, 0.25) is 0 Å². The minimum absolute atomic E-state index is 0.173. The van der Waals surface area contributed by atoms with Crippen LogP contribution in [0.5, 0.6) is 0 Å². The number of hydrogen-bond acceptors (Lipinski definition) is 4. The molecule has 0 saturated carbocycles. The van der Waals surface area contributed by atoms with Gasteiger partial charge in [0.05, 0.1) is 0 Å². The molecule has 0 spiro atoms. The molecule has 0 aliphatic carbocycles. The summed E-state index contributed by atoms with van der Waals surface area (Å²) in [6.45, 7) is 2.64. The van der Waals surface area contributed by atoms with Crippen molar-refractivity contribution in [3.8, 4) is 0 Å². The zero-order valence-electron chi connectivity index (χ0n) is 8.45. The highest BCUT2D eigenvalue weighted by Gasteiger charge is 1.89. The number of rotatable bonds is 4. The molecule has 0 aromatic heterocycles. The Balaban J connectivity index is 0. The Kier molecular flexibility index (Phi) is 13.3. The van der Waals surface area contributed by atoms with Gasteiger partial charge in [-0.1, -0.05) is 0 Å². The normalized spacial score (nSPS) is 9.54. The molecule has 0 atom stereocenters. The Morgan fingerprint density at radius 2 is 2.54 bits per heavy atom. The molecule has 0 radical (unpaired) electrons. The first-order valence-electron chi connectivity index (χ1n) is 4.10. The maximum atomic E-state index is 8.42. The average Bonchev–Trinajstić information content (AvgIpc) is 2.16. The highest BCUT2D eigenvalue weighted by atomic mass is 32.1. The van der Waals surface area contributed by atoms with Crippen LogP contribution in [0.3, 0.4) is 0 Å². The molecule has 7 heteroatoms. The fourth-order valence-electron chi connectivity index (χ4n) is 0.444. The highest BCUT2D eigenvalue weighted by molar-refractivity contribution is 7.80. The van der Waals surface area contributed by atoms with Crippen LogP contribution in [0.4, 0.5) is 0 Å². The second kappa shape index (κ2) is 14.0. The molecule has 0 bridgehead atoms. The third kappa shape index (κ3) is 14.3. The molecule has 76 valence electrons. The van der Waals surface area contributed by atoms with Gasteiger partial charge < -0.3 is 10.4 Å². The van der Waals surface area contributed by atoms with Crippen LogP contribution in [-0.2, 0) is 0 Å². The summed E-state index contributed by atoms with van der Waals surface area (Å²) in [4.78, 5) is 0. The molecular formula is C6H15N4OPS. The summed E-state index contributed by atoms with van der Waals surface area (Å²) >= 11 is 4.82. The van der Waals surface area contributed by atoms with Crippen molar-refractivity contribution in [1.29, 1.82) is 5.15 Å². The molecule has 0 rings (SSSR count). The molecule has 0 aromatic rings. The molecule has 0 saturated heterocycles. The van der Waals surface area contributed by atoms with E-state index in [9.17, 15) is 0 Å². The molecule has 0 fully saturated rings. The number of aliphatic hydroxyl groups is 1. The van der Waals surface area contributed by atoms with Gasteiger partial charge in [-0.2, -0.15) is 5.10 Å². The third-order valence-corrected chi connectivity index (χ3v) is 1.15. The van der Waals surface area contributed by atoms with Crippen LogP contribution in [0, 0.1) is 5.15 Å². The monoisotopic (exact) mass is 223 g/mol. The van der Waals surface area contributed by atoms with Gasteiger partial charge in [0.15, 0.2) is 6.52 Å². The second-order valence-electron chi connectivity index (χ2n) is 1.83. The van der Waals surface area contributed by atoms with E-state index in [1.165, 1.54) is 0 Å². The van der Waals surface area contributed by atoms with Gasteiger partial charge >= 0.3 is 0 Å². The van der Waals surface area contributed by atoms with E-state index in [1.807, 2.05) is 0 Å². The lowest BCUT2D eigenvalue weighted by molar-refractivity contribution is 0.289. The molecule has 0 aliphatic heterocycles. The van der Waals surface area contributed by atoms with Crippen LogP contribution < -0.4 is 10.7 Å². The highest BCUT2D eigenvalue weighted by Crippen LogP contribution is 1.72. The minimum Gasteiger partial charge on any atom is -0.396 e. The summed E-state index contributed by atoms with van der Waals surface area (Å²) in [5.41, 5.74) is 2.60. The van der Waals surface area contributed by atoms with Gasteiger partial charge in [0.25, 0.3) is 0 Å². The number of thiocarbonyl (C=S) groups is 1. The smallest absolute Gasteiger partial charge is 0.192 e. The quantitative estimate of drug-likeness (QED) is 0.186. The maximum absolute atomic E-state index is 8.42. The van der Waals surface area contributed by atoms with Crippen LogP contribution in [0.2, 0.25) is 1.41 Å². The zero-order chi connectivity index (χ0) is 11.2. The Labute approximate surface area is 87.2 Å². The van der Waals surface area contributed by atoms with Crippen molar-refractivity contribution < 1.29 is 6.52 Å². The Hall–Kier alpha value is -0.580. The summed E-state index contributed by atoms with van der Waals surface area (Å²) in [6.07, 6.45) is 2.30. The summed E-state index contributed by atoms with van der Waals surface area (Å²) in [7, 11) is 2.48. The Morgan fingerprint density at radius 1 is 1.92 bits per heavy atom. The molecule has 4 N–H and O–H groups in total. The predicted octanol–water partition coefficient (Wildman–Crippen LogP) is 0.730. The van der Waals surface area contributed by atoms with E-state index in [4.69, 9.17) is 18.7 Å². The molecular weight excluding hydrogens is 207 g/mol. The summed E-state index contributed by atoms with van der Waals surface area (Å²) < 4.78 is 5.75. The fourth-order valence-corrected chi connectivity index (χ4v) is 0.598. The number of nitrogens with zero attached hydrogens (tertiary/aromatic N) is 1. The number of hydrazone groups is 1. The van der Waals surface area contributed by atoms with Crippen LogP contribution in [0.1, 0.15) is 13.3 Å². The van der Waals surface area contributed by atoms with Crippen molar-refractivity contribution in [2.45, 2.75) is 13.3 Å². The summed E-state index contributed by atoms with van der Waals surface area (Å²) in [5.74, 6) is 0. The van der Waals surface area contributed by atoms with Crippen molar-refractivity contribution in [2.75, 3.05) is 13.2 Å². The van der Waals surface area contributed by atoms with E-state index in [-0.39, 0.29) is 6.61 Å². The Bertz CT molecular complexity index is 181. The van der Waals surface area contributed by atoms with Crippen molar-refractivity contribution in [3.05, 3.63) is 0 Å². The van der Waals surface area contributed by atoms with E-state index in [0.717, 1.165) is 0 Å². The molecule has 13 heavy (non-hydrogen) atoms. The average molecular weight is 223 g/mol. The standard InChI is InChI=1S/C6H13N3OS.H2NP/c1-2-8-9-6(11)7-4-3-5-10;1-2/h2,10H,3-5H2,1H3,(H2,7,9,11);1-2H/i/hD. The lowest BCUT2D eigenvalue weighted by Crippen LogP contribution is -2.32. The van der Waals surface area contributed by atoms with E-state index in [1.54, 1.807) is 13.1 Å². The lowest BCUT2D eigenvalue weighted by Gasteiger charge is -2.04. The molecule has 5 nitrogen and oxygen atoms in total. The first kappa shape index (κ1) is 12.4. The van der Waals surface area contributed by atoms with Gasteiger partial charge in [-0.05, 0) is 34.6 Å². The predicted molar refractivity (Wildman–Crippen MR) is 60.6 cm³/mol. The van der Waals surface area contributed by atoms with Gasteiger partial charge in [0.1, 0.15) is 0 Å². The van der Waals surface area contributed by atoms with Crippen LogP contribution in [0.15, 0.2) is 5.10 Å².